The molecule has 1 heterocycles. The fraction of sp³-hybridized carbons (Fsp3) is 0.667. The lowest BCUT2D eigenvalue weighted by molar-refractivity contribution is 0.285. The van der Waals surface area contributed by atoms with Gasteiger partial charge in [-0.2, -0.15) is 0 Å². The van der Waals surface area contributed by atoms with E-state index >= 15 is 0 Å². The van der Waals surface area contributed by atoms with Gasteiger partial charge in [-0.1, -0.05) is 32.1 Å². The van der Waals surface area contributed by atoms with Crippen molar-refractivity contribution in [2.24, 2.45) is 11.8 Å². The number of nitrogens with two attached hydrogens (primary N) is 2. The van der Waals surface area contributed by atoms with Crippen molar-refractivity contribution in [2.75, 3.05) is 5.73 Å². The average Bonchev–Trinajstić information content (AvgIpc) is 2.36. The van der Waals surface area contributed by atoms with Crippen molar-refractivity contribution in [2.45, 2.75) is 57.4 Å². The second-order valence-corrected chi connectivity index (χ2v) is 5.67. The normalized spacial score (nSPS) is 19.6. The topological polar surface area (TPSA) is 77.0 Å². The van der Waals surface area contributed by atoms with Crippen LogP contribution in [0.2, 0.25) is 0 Å². The largest absolute Gasteiger partial charge is 0.384 e. The monoisotopic (exact) mass is 262 g/mol. The van der Waals surface area contributed by atoms with Crippen LogP contribution >= 0.6 is 0 Å². The van der Waals surface area contributed by atoms with E-state index in [2.05, 4.69) is 10.4 Å². The van der Waals surface area contributed by atoms with Crippen molar-refractivity contribution in [3.05, 3.63) is 23.9 Å². The molecule has 4 nitrogen and oxygen atoms in total. The molecule has 1 aromatic rings. The highest BCUT2D eigenvalue weighted by Crippen LogP contribution is 2.26. The summed E-state index contributed by atoms with van der Waals surface area (Å²) in [7, 11) is 0. The Morgan fingerprint density at radius 2 is 1.89 bits per heavy atom. The van der Waals surface area contributed by atoms with E-state index in [1.807, 2.05) is 12.1 Å². The highest BCUT2D eigenvalue weighted by molar-refractivity contribution is 5.32. The van der Waals surface area contributed by atoms with Crippen molar-refractivity contribution in [1.29, 1.82) is 0 Å². The van der Waals surface area contributed by atoms with Crippen molar-refractivity contribution >= 4 is 5.82 Å². The van der Waals surface area contributed by atoms with E-state index in [-0.39, 0.29) is 0 Å². The maximum atomic E-state index is 5.78. The van der Waals surface area contributed by atoms with Gasteiger partial charge in [0, 0.05) is 12.2 Å². The van der Waals surface area contributed by atoms with E-state index in [9.17, 15) is 0 Å². The summed E-state index contributed by atoms with van der Waals surface area (Å²) in [6.07, 6.45) is 12.1. The summed E-state index contributed by atoms with van der Waals surface area (Å²) < 4.78 is 0. The summed E-state index contributed by atoms with van der Waals surface area (Å²) in [6, 6.07) is 4.33. The second kappa shape index (κ2) is 7.46. The van der Waals surface area contributed by atoms with Crippen LogP contribution in [0.3, 0.4) is 0 Å². The van der Waals surface area contributed by atoms with Crippen LogP contribution in [0.5, 0.6) is 0 Å². The fourth-order valence-corrected chi connectivity index (χ4v) is 3.13. The lowest BCUT2D eigenvalue weighted by Crippen LogP contribution is -2.42. The molecule has 1 unspecified atom stereocenters. The molecular formula is C15H26N4. The van der Waals surface area contributed by atoms with Crippen LogP contribution < -0.4 is 17.0 Å². The molecule has 1 saturated carbocycles. The molecule has 0 aliphatic heterocycles. The minimum absolute atomic E-state index is 0.347. The van der Waals surface area contributed by atoms with Gasteiger partial charge in [0.05, 0.1) is 0 Å². The predicted octanol–water partition coefficient (Wildman–Crippen LogP) is 2.40. The number of nitrogen functional groups attached to an aromatic ring is 1. The minimum atomic E-state index is 0.347. The number of nitrogens with one attached hydrogen (secondary N) is 1. The summed E-state index contributed by atoms with van der Waals surface area (Å²) in [5.41, 5.74) is 9.98. The van der Waals surface area contributed by atoms with E-state index in [0.717, 1.165) is 6.42 Å². The average molecular weight is 262 g/mol. The summed E-state index contributed by atoms with van der Waals surface area (Å²) in [6.45, 7) is 0. The molecule has 5 N–H and O–H groups in total. The zero-order valence-corrected chi connectivity index (χ0v) is 11.6. The Bertz CT molecular complexity index is 372. The number of hydrogen-bond acceptors (Lipinski definition) is 4. The molecule has 2 rings (SSSR count). The lowest BCUT2D eigenvalue weighted by atomic mass is 9.83. The molecule has 0 amide bonds. The predicted molar refractivity (Wildman–Crippen MR) is 79.3 cm³/mol. The van der Waals surface area contributed by atoms with Gasteiger partial charge in [-0.05, 0) is 42.9 Å². The molecule has 19 heavy (non-hydrogen) atoms. The number of hydrazine groups is 1. The van der Waals surface area contributed by atoms with Gasteiger partial charge >= 0.3 is 0 Å². The summed E-state index contributed by atoms with van der Waals surface area (Å²) in [5, 5.41) is 0. The molecule has 1 aliphatic rings. The zero-order chi connectivity index (χ0) is 13.5. The fourth-order valence-electron chi connectivity index (χ4n) is 3.13. The number of pyridine rings is 1. The third kappa shape index (κ3) is 4.48. The Labute approximate surface area is 115 Å². The Morgan fingerprint density at radius 1 is 1.21 bits per heavy atom. The van der Waals surface area contributed by atoms with Crippen LogP contribution in [0.15, 0.2) is 18.3 Å². The highest BCUT2D eigenvalue weighted by Gasteiger charge is 2.21. The SMILES string of the molecule is NNC(Cc1ccnc(N)c1)C1CCCCCCC1. The first kappa shape index (κ1) is 14.3. The van der Waals surface area contributed by atoms with Crippen molar-refractivity contribution in [1.82, 2.24) is 10.4 Å². The van der Waals surface area contributed by atoms with Gasteiger partial charge in [-0.15, -0.1) is 0 Å². The smallest absolute Gasteiger partial charge is 0.123 e. The molecule has 4 heteroatoms. The van der Waals surface area contributed by atoms with Crippen LogP contribution in [0.25, 0.3) is 0 Å². The highest BCUT2D eigenvalue weighted by atomic mass is 15.2. The zero-order valence-electron chi connectivity index (χ0n) is 11.6. The second-order valence-electron chi connectivity index (χ2n) is 5.67. The number of anilines is 1. The first-order valence-corrected chi connectivity index (χ1v) is 7.46. The third-order valence-electron chi connectivity index (χ3n) is 4.23. The standard InChI is InChI=1S/C15H26N4/c16-15-11-12(8-9-18-15)10-14(19-17)13-6-4-2-1-3-5-7-13/h8-9,11,13-14,19H,1-7,10,17H2,(H2,16,18). The van der Waals surface area contributed by atoms with Gasteiger partial charge < -0.3 is 5.73 Å². The summed E-state index contributed by atoms with van der Waals surface area (Å²) in [5.74, 6) is 7.05. The number of aromatic nitrogens is 1. The van der Waals surface area contributed by atoms with Gasteiger partial charge in [-0.25, -0.2) is 4.98 Å². The molecule has 1 aromatic heterocycles. The Kier molecular flexibility index (Phi) is 5.61. The molecule has 0 spiro atoms. The van der Waals surface area contributed by atoms with Crippen LogP contribution in [0.1, 0.15) is 50.5 Å². The maximum Gasteiger partial charge on any atom is 0.123 e. The summed E-state index contributed by atoms with van der Waals surface area (Å²) >= 11 is 0. The minimum Gasteiger partial charge on any atom is -0.384 e. The van der Waals surface area contributed by atoms with Gasteiger partial charge in [0.25, 0.3) is 0 Å². The first-order valence-electron chi connectivity index (χ1n) is 7.46. The van der Waals surface area contributed by atoms with Gasteiger partial charge in [0.2, 0.25) is 0 Å². The van der Waals surface area contributed by atoms with Gasteiger partial charge in [0.1, 0.15) is 5.82 Å². The first-order chi connectivity index (χ1) is 9.29. The lowest BCUT2D eigenvalue weighted by Gasteiger charge is -2.28. The number of rotatable bonds is 4. The number of nitrogens with zero attached hydrogens (tertiary/aromatic N) is 1. The van der Waals surface area contributed by atoms with Crippen molar-refractivity contribution in [3.63, 3.8) is 0 Å². The van der Waals surface area contributed by atoms with Crippen molar-refractivity contribution < 1.29 is 0 Å². The molecule has 1 fully saturated rings. The molecule has 0 saturated heterocycles. The van der Waals surface area contributed by atoms with Crippen molar-refractivity contribution in [3.8, 4) is 0 Å². The maximum absolute atomic E-state index is 5.78. The third-order valence-corrected chi connectivity index (χ3v) is 4.23. The van der Waals surface area contributed by atoms with E-state index < -0.39 is 0 Å². The molecule has 0 bridgehead atoms. The summed E-state index contributed by atoms with van der Waals surface area (Å²) in [4.78, 5) is 4.04. The number of hydrogen-bond donors (Lipinski definition) is 3. The molecule has 106 valence electrons. The Balaban J connectivity index is 1.97. The van der Waals surface area contributed by atoms with Gasteiger partial charge in [-0.3, -0.25) is 11.3 Å². The van der Waals surface area contributed by atoms with Gasteiger partial charge in [0.15, 0.2) is 0 Å². The van der Waals surface area contributed by atoms with Crippen LogP contribution in [0, 0.1) is 5.92 Å². The molecule has 1 aliphatic carbocycles. The molecule has 1 atom stereocenters. The molecular weight excluding hydrogens is 236 g/mol. The van der Waals surface area contributed by atoms with Crippen LogP contribution in [0.4, 0.5) is 5.82 Å². The Morgan fingerprint density at radius 3 is 2.53 bits per heavy atom. The Hall–Kier alpha value is -1.13. The quantitative estimate of drug-likeness (QED) is 0.575. The van der Waals surface area contributed by atoms with E-state index in [1.165, 1.54) is 50.5 Å². The van der Waals surface area contributed by atoms with Crippen LogP contribution in [-0.2, 0) is 6.42 Å². The van der Waals surface area contributed by atoms with Crippen LogP contribution in [-0.4, -0.2) is 11.0 Å². The molecule has 0 aromatic carbocycles. The van der Waals surface area contributed by atoms with E-state index in [0.29, 0.717) is 17.8 Å². The molecule has 0 radical (unpaired) electrons. The van der Waals surface area contributed by atoms with E-state index in [1.54, 1.807) is 6.20 Å². The van der Waals surface area contributed by atoms with E-state index in [4.69, 9.17) is 11.6 Å².